The van der Waals surface area contributed by atoms with Gasteiger partial charge in [-0.15, -0.1) is 0 Å². The van der Waals surface area contributed by atoms with Crippen LogP contribution in [0.3, 0.4) is 0 Å². The lowest BCUT2D eigenvalue weighted by Gasteiger charge is -2.31. The van der Waals surface area contributed by atoms with Crippen molar-refractivity contribution in [3.05, 3.63) is 114 Å². The third kappa shape index (κ3) is 10.9. The van der Waals surface area contributed by atoms with E-state index in [0.29, 0.717) is 5.75 Å². The maximum Gasteiger partial charge on any atom is 0.133 e. The molecule has 5 aromatic carbocycles. The minimum Gasteiger partial charge on any atom is -0.860 e. The number of rotatable bonds is 5. The number of nitrogens with zero attached hydrogens (tertiary/aromatic N) is 2. The average molecular weight is 605 g/mol. The van der Waals surface area contributed by atoms with Gasteiger partial charge < -0.3 is 23.7 Å². The molecule has 0 aliphatic rings. The first kappa shape index (κ1) is 35.5. The first-order chi connectivity index (χ1) is 20.9. The van der Waals surface area contributed by atoms with Crippen molar-refractivity contribution < 1.29 is 23.7 Å². The standard InChI is InChI=1S/C31H25BO3.2C4H12N/c1-20-8-14-23(15-9-20)28-26-6-4-5-7-27(26)31(35-32(33)34)30(25-18-12-22(3)13-19-25)29(28)24-16-10-21(2)11-17-24;2*1-5(2,3)4/h4-19H,1-3H3;2*1-4H3/q-2;2*+1. The van der Waals surface area contributed by atoms with Gasteiger partial charge in [-0.25, -0.2) is 0 Å². The molecular weight excluding hydrogens is 555 g/mol. The highest BCUT2D eigenvalue weighted by molar-refractivity contribution is 6.31. The molecule has 45 heavy (non-hydrogen) atoms. The number of benzene rings is 5. The van der Waals surface area contributed by atoms with Crippen molar-refractivity contribution >= 4 is 18.1 Å². The molecule has 0 unspecified atom stereocenters. The normalized spacial score (nSPS) is 11.2. The van der Waals surface area contributed by atoms with E-state index in [1.54, 1.807) is 0 Å². The maximum absolute atomic E-state index is 11.9. The smallest absolute Gasteiger partial charge is 0.133 e. The van der Waals surface area contributed by atoms with Crippen LogP contribution in [0.2, 0.25) is 0 Å². The molecule has 0 fully saturated rings. The van der Waals surface area contributed by atoms with Gasteiger partial charge in [0.2, 0.25) is 0 Å². The van der Waals surface area contributed by atoms with E-state index >= 15 is 0 Å². The van der Waals surface area contributed by atoms with Crippen LogP contribution in [0.5, 0.6) is 5.75 Å². The summed E-state index contributed by atoms with van der Waals surface area (Å²) in [5.74, 6) is 0.325. The van der Waals surface area contributed by atoms with Crippen molar-refractivity contribution in [2.45, 2.75) is 20.8 Å². The van der Waals surface area contributed by atoms with E-state index in [1.165, 1.54) is 5.56 Å². The summed E-state index contributed by atoms with van der Waals surface area (Å²) in [6, 6.07) is 32.7. The number of aryl methyl sites for hydroxylation is 3. The second-order valence-electron chi connectivity index (χ2n) is 14.4. The Morgan fingerprint density at radius 3 is 1.11 bits per heavy atom. The Morgan fingerprint density at radius 1 is 0.444 bits per heavy atom. The van der Waals surface area contributed by atoms with Gasteiger partial charge in [0.15, 0.2) is 0 Å². The molecule has 5 aromatic rings. The Labute approximate surface area is 271 Å². The van der Waals surface area contributed by atoms with Crippen LogP contribution in [0.25, 0.3) is 44.2 Å². The lowest BCUT2D eigenvalue weighted by Crippen LogP contribution is -2.50. The second-order valence-corrected chi connectivity index (χ2v) is 14.4. The van der Waals surface area contributed by atoms with E-state index in [9.17, 15) is 10.0 Å². The zero-order valence-corrected chi connectivity index (χ0v) is 28.9. The van der Waals surface area contributed by atoms with Gasteiger partial charge in [-0.05, 0) is 48.4 Å². The number of hydrogen-bond donors (Lipinski definition) is 0. The SMILES string of the molecule is C[N+](C)(C)C.C[N+](C)(C)C.Cc1ccc(-c2c(-c3ccc(C)cc3)c(-c3ccc(C)cc3)c3ccccc3c2OB([O-])[O-])cc1. The molecule has 0 atom stereocenters. The minimum atomic E-state index is -2.45. The van der Waals surface area contributed by atoms with Crippen molar-refractivity contribution in [1.82, 2.24) is 0 Å². The van der Waals surface area contributed by atoms with E-state index in [-0.39, 0.29) is 0 Å². The quantitative estimate of drug-likeness (QED) is 0.170. The molecule has 0 amide bonds. The maximum atomic E-state index is 11.9. The van der Waals surface area contributed by atoms with Gasteiger partial charge in [-0.3, -0.25) is 0 Å². The number of hydrogen-bond acceptors (Lipinski definition) is 3. The van der Waals surface area contributed by atoms with Gasteiger partial charge in [-0.1, -0.05) is 114 Å². The van der Waals surface area contributed by atoms with Crippen LogP contribution in [0, 0.1) is 20.8 Å². The fourth-order valence-corrected chi connectivity index (χ4v) is 4.65. The van der Waals surface area contributed by atoms with Gasteiger partial charge in [0.25, 0.3) is 0 Å². The molecule has 6 heteroatoms. The molecule has 5 nitrogen and oxygen atoms in total. The van der Waals surface area contributed by atoms with E-state index < -0.39 is 7.32 Å². The van der Waals surface area contributed by atoms with Crippen LogP contribution in [-0.2, 0) is 0 Å². The zero-order valence-electron chi connectivity index (χ0n) is 28.9. The fourth-order valence-electron chi connectivity index (χ4n) is 4.65. The van der Waals surface area contributed by atoms with E-state index in [2.05, 4.69) is 119 Å². The summed E-state index contributed by atoms with van der Waals surface area (Å²) in [6.07, 6.45) is 0. The highest BCUT2D eigenvalue weighted by Gasteiger charge is 2.23. The summed E-state index contributed by atoms with van der Waals surface area (Å²) >= 11 is 0. The second kappa shape index (κ2) is 14.9. The predicted molar refractivity (Wildman–Crippen MR) is 189 cm³/mol. The van der Waals surface area contributed by atoms with Gasteiger partial charge in [0.05, 0.1) is 56.4 Å². The number of fused-ring (bicyclic) bond motifs is 1. The topological polar surface area (TPSA) is 55.3 Å². The highest BCUT2D eigenvalue weighted by atomic mass is 16.6. The van der Waals surface area contributed by atoms with Crippen LogP contribution in [-0.4, -0.2) is 72.7 Å². The molecule has 236 valence electrons. The van der Waals surface area contributed by atoms with Gasteiger partial charge >= 0.3 is 0 Å². The third-order valence-electron chi connectivity index (χ3n) is 6.40. The van der Waals surface area contributed by atoms with Crippen LogP contribution < -0.4 is 14.7 Å². The summed E-state index contributed by atoms with van der Waals surface area (Å²) in [7, 11) is 14.6. The van der Waals surface area contributed by atoms with Crippen LogP contribution in [0.4, 0.5) is 0 Å². The van der Waals surface area contributed by atoms with Crippen LogP contribution in [0.15, 0.2) is 97.1 Å². The summed E-state index contributed by atoms with van der Waals surface area (Å²) in [5.41, 5.74) is 9.12. The molecule has 0 radical (unpaired) electrons. The largest absolute Gasteiger partial charge is 0.860 e. The van der Waals surface area contributed by atoms with Gasteiger partial charge in [0.1, 0.15) is 13.1 Å². The predicted octanol–water partition coefficient (Wildman–Crippen LogP) is 6.50. The molecule has 0 heterocycles. The summed E-state index contributed by atoms with van der Waals surface area (Å²) in [5, 5.41) is 25.4. The third-order valence-corrected chi connectivity index (χ3v) is 6.40. The summed E-state index contributed by atoms with van der Waals surface area (Å²) in [6.45, 7) is 6.16. The van der Waals surface area contributed by atoms with Gasteiger partial charge in [-0.2, -0.15) is 0 Å². The van der Waals surface area contributed by atoms with Gasteiger partial charge in [0, 0.05) is 16.5 Å². The molecule has 0 spiro atoms. The van der Waals surface area contributed by atoms with Crippen molar-refractivity contribution in [2.75, 3.05) is 56.4 Å². The van der Waals surface area contributed by atoms with Crippen molar-refractivity contribution in [3.8, 4) is 39.1 Å². The first-order valence-corrected chi connectivity index (χ1v) is 15.3. The average Bonchev–Trinajstić information content (AvgIpc) is 2.92. The Bertz CT molecular complexity index is 1660. The minimum absolute atomic E-state index is 0.325. The molecule has 0 saturated heterocycles. The molecular formula is C39H49BN2O3. The Morgan fingerprint density at radius 2 is 0.756 bits per heavy atom. The lowest BCUT2D eigenvalue weighted by atomic mass is 9.82. The van der Waals surface area contributed by atoms with Crippen molar-refractivity contribution in [3.63, 3.8) is 0 Å². The molecule has 0 aromatic heterocycles. The molecule has 0 N–H and O–H groups in total. The summed E-state index contributed by atoms with van der Waals surface area (Å²) < 4.78 is 7.53. The Hall–Kier alpha value is -3.94. The van der Waals surface area contributed by atoms with Crippen molar-refractivity contribution in [2.24, 2.45) is 0 Å². The Kier molecular flexibility index (Phi) is 11.8. The highest BCUT2D eigenvalue weighted by Crippen LogP contribution is 2.50. The lowest BCUT2D eigenvalue weighted by molar-refractivity contribution is -0.849. The summed E-state index contributed by atoms with van der Waals surface area (Å²) in [4.78, 5) is 0. The number of quaternary nitrogens is 2. The van der Waals surface area contributed by atoms with Crippen molar-refractivity contribution in [1.29, 1.82) is 0 Å². The molecule has 0 aliphatic carbocycles. The van der Waals surface area contributed by atoms with E-state index in [4.69, 9.17) is 4.65 Å². The van der Waals surface area contributed by atoms with Crippen LogP contribution in [0.1, 0.15) is 16.7 Å². The first-order valence-electron chi connectivity index (χ1n) is 15.3. The molecule has 0 saturated carbocycles. The molecule has 5 rings (SSSR count). The van der Waals surface area contributed by atoms with Crippen LogP contribution >= 0.6 is 0 Å². The molecule has 0 aliphatic heterocycles. The zero-order chi connectivity index (χ0) is 33.5. The van der Waals surface area contributed by atoms with E-state index in [1.807, 2.05) is 55.5 Å². The molecule has 0 bridgehead atoms. The van der Waals surface area contributed by atoms with E-state index in [0.717, 1.165) is 64.2 Å². The fraction of sp³-hybridized carbons (Fsp3) is 0.282. The Balaban J connectivity index is 0.000000482. The monoisotopic (exact) mass is 604 g/mol.